The average molecular weight is 320 g/mol. The molecule has 0 radical (unpaired) electrons. The molecule has 0 aliphatic rings. The van der Waals surface area contributed by atoms with Gasteiger partial charge in [0.1, 0.15) is 5.82 Å². The molecule has 0 bridgehead atoms. The minimum absolute atomic E-state index is 0.227. The lowest BCUT2D eigenvalue weighted by Crippen LogP contribution is -2.12. The Morgan fingerprint density at radius 3 is 2.92 bits per heavy atom. The first-order valence-corrected chi connectivity index (χ1v) is 7.17. The number of aryl methyl sites for hydroxylation is 1. The molecule has 9 nitrogen and oxygen atoms in total. The number of nitrogens with zero attached hydrogens (tertiary/aromatic N) is 6. The van der Waals surface area contributed by atoms with Crippen LogP contribution in [-0.4, -0.2) is 41.1 Å². The average Bonchev–Trinajstić information content (AvgIpc) is 3.25. The van der Waals surface area contributed by atoms with Gasteiger partial charge in [0, 0.05) is 17.4 Å². The summed E-state index contributed by atoms with van der Waals surface area (Å²) < 4.78 is 1.77. The van der Waals surface area contributed by atoms with Crippen LogP contribution in [0.5, 0.6) is 0 Å². The van der Waals surface area contributed by atoms with Crippen LogP contribution in [0.4, 0.5) is 5.69 Å². The van der Waals surface area contributed by atoms with Crippen molar-refractivity contribution in [2.45, 2.75) is 6.92 Å². The first-order valence-electron chi connectivity index (χ1n) is 7.17. The van der Waals surface area contributed by atoms with Gasteiger partial charge in [-0.05, 0) is 36.4 Å². The fourth-order valence-electron chi connectivity index (χ4n) is 2.36. The van der Waals surface area contributed by atoms with Gasteiger partial charge in [-0.3, -0.25) is 9.20 Å². The Labute approximate surface area is 135 Å². The van der Waals surface area contributed by atoms with Gasteiger partial charge >= 0.3 is 0 Å². The summed E-state index contributed by atoms with van der Waals surface area (Å²) in [6.07, 6.45) is 1.71. The van der Waals surface area contributed by atoms with Crippen LogP contribution >= 0.6 is 0 Å². The molecule has 3 heterocycles. The van der Waals surface area contributed by atoms with Crippen molar-refractivity contribution in [1.82, 2.24) is 35.2 Å². The molecule has 0 saturated heterocycles. The van der Waals surface area contributed by atoms with E-state index in [1.165, 1.54) is 0 Å². The first kappa shape index (κ1) is 14.0. The highest BCUT2D eigenvalue weighted by Gasteiger charge is 2.10. The smallest absolute Gasteiger partial charge is 0.257 e. The summed E-state index contributed by atoms with van der Waals surface area (Å²) in [5.74, 6) is 0.960. The van der Waals surface area contributed by atoms with E-state index in [9.17, 15) is 4.79 Å². The summed E-state index contributed by atoms with van der Waals surface area (Å²) >= 11 is 0. The molecule has 1 aromatic carbocycles. The molecular weight excluding hydrogens is 308 g/mol. The maximum Gasteiger partial charge on any atom is 0.257 e. The third-order valence-corrected chi connectivity index (χ3v) is 3.56. The van der Waals surface area contributed by atoms with E-state index in [1.54, 1.807) is 34.9 Å². The van der Waals surface area contributed by atoms with Crippen LogP contribution in [0.2, 0.25) is 0 Å². The third-order valence-electron chi connectivity index (χ3n) is 3.56. The quantitative estimate of drug-likeness (QED) is 0.591. The topological polar surface area (TPSA) is 114 Å². The van der Waals surface area contributed by atoms with Gasteiger partial charge in [-0.2, -0.15) is 5.21 Å². The molecule has 1 amide bonds. The molecule has 0 saturated carbocycles. The highest BCUT2D eigenvalue weighted by Crippen LogP contribution is 2.19. The van der Waals surface area contributed by atoms with E-state index in [1.807, 2.05) is 19.1 Å². The molecule has 3 aromatic heterocycles. The van der Waals surface area contributed by atoms with Gasteiger partial charge in [0.2, 0.25) is 5.82 Å². The van der Waals surface area contributed by atoms with Crippen molar-refractivity contribution in [1.29, 1.82) is 0 Å². The van der Waals surface area contributed by atoms with Crippen molar-refractivity contribution in [2.24, 2.45) is 0 Å². The van der Waals surface area contributed by atoms with Crippen LogP contribution in [0, 0.1) is 6.92 Å². The maximum atomic E-state index is 12.5. The monoisotopic (exact) mass is 320 g/mol. The first-order chi connectivity index (χ1) is 11.7. The summed E-state index contributed by atoms with van der Waals surface area (Å²) in [6.45, 7) is 1.83. The molecule has 2 N–H and O–H groups in total. The zero-order valence-electron chi connectivity index (χ0n) is 12.6. The fraction of sp³-hybridized carbons (Fsp3) is 0.0667. The molecule has 4 aromatic rings. The number of tetrazole rings is 1. The fourth-order valence-corrected chi connectivity index (χ4v) is 2.36. The second-order valence-corrected chi connectivity index (χ2v) is 5.16. The number of H-pyrrole nitrogens is 1. The molecule has 4 rings (SSSR count). The SMILES string of the molecule is Cc1nnc2ccc(C(=O)Nc3cccc(-c4nn[nH]n4)c3)cn12. The van der Waals surface area contributed by atoms with E-state index in [0.717, 1.165) is 11.4 Å². The summed E-state index contributed by atoms with van der Waals surface area (Å²) in [7, 11) is 0. The van der Waals surface area contributed by atoms with E-state index in [-0.39, 0.29) is 5.91 Å². The van der Waals surface area contributed by atoms with Crippen molar-refractivity contribution in [2.75, 3.05) is 5.32 Å². The van der Waals surface area contributed by atoms with E-state index >= 15 is 0 Å². The molecule has 0 unspecified atom stereocenters. The Morgan fingerprint density at radius 1 is 1.17 bits per heavy atom. The predicted octanol–water partition coefficient (Wildman–Crippen LogP) is 1.47. The maximum absolute atomic E-state index is 12.5. The number of hydrogen-bond donors (Lipinski definition) is 2. The van der Waals surface area contributed by atoms with Crippen LogP contribution in [0.3, 0.4) is 0 Å². The number of hydrogen-bond acceptors (Lipinski definition) is 6. The Bertz CT molecular complexity index is 1020. The molecule has 118 valence electrons. The van der Waals surface area contributed by atoms with Crippen molar-refractivity contribution in [3.63, 3.8) is 0 Å². The van der Waals surface area contributed by atoms with Crippen LogP contribution in [0.25, 0.3) is 17.0 Å². The van der Waals surface area contributed by atoms with Crippen molar-refractivity contribution >= 4 is 17.2 Å². The van der Waals surface area contributed by atoms with Crippen molar-refractivity contribution in [3.8, 4) is 11.4 Å². The zero-order valence-corrected chi connectivity index (χ0v) is 12.6. The minimum Gasteiger partial charge on any atom is -0.322 e. The van der Waals surface area contributed by atoms with Crippen molar-refractivity contribution < 1.29 is 4.79 Å². The van der Waals surface area contributed by atoms with Crippen LogP contribution in [0.1, 0.15) is 16.2 Å². The third kappa shape index (κ3) is 2.47. The van der Waals surface area contributed by atoms with Gasteiger partial charge in [-0.1, -0.05) is 12.1 Å². The second-order valence-electron chi connectivity index (χ2n) is 5.16. The lowest BCUT2D eigenvalue weighted by atomic mass is 10.2. The number of rotatable bonds is 3. The summed E-state index contributed by atoms with van der Waals surface area (Å²) in [6, 6.07) is 10.7. The number of benzene rings is 1. The van der Waals surface area contributed by atoms with Crippen LogP contribution in [0.15, 0.2) is 42.6 Å². The van der Waals surface area contributed by atoms with Gasteiger partial charge in [0.15, 0.2) is 5.65 Å². The molecule has 0 fully saturated rings. The largest absolute Gasteiger partial charge is 0.322 e. The number of fused-ring (bicyclic) bond motifs is 1. The highest BCUT2D eigenvalue weighted by molar-refractivity contribution is 6.04. The van der Waals surface area contributed by atoms with E-state index in [0.29, 0.717) is 22.7 Å². The van der Waals surface area contributed by atoms with Crippen LogP contribution in [-0.2, 0) is 0 Å². The van der Waals surface area contributed by atoms with Gasteiger partial charge < -0.3 is 5.32 Å². The number of aromatic nitrogens is 7. The molecular formula is C15H12N8O. The van der Waals surface area contributed by atoms with E-state index in [2.05, 4.69) is 36.1 Å². The highest BCUT2D eigenvalue weighted by atomic mass is 16.1. The Morgan fingerprint density at radius 2 is 2.08 bits per heavy atom. The molecule has 24 heavy (non-hydrogen) atoms. The minimum atomic E-state index is -0.227. The standard InChI is InChI=1S/C15H12N8O/c1-9-17-18-13-6-5-11(8-23(9)13)15(24)16-12-4-2-3-10(7-12)14-19-21-22-20-14/h2-8H,1H3,(H,16,24)(H,19,20,21,22). The van der Waals surface area contributed by atoms with E-state index in [4.69, 9.17) is 0 Å². The number of aromatic amines is 1. The Balaban J connectivity index is 1.61. The number of carbonyl (C=O) groups excluding carboxylic acids is 1. The summed E-state index contributed by atoms with van der Waals surface area (Å²) in [5, 5.41) is 24.6. The molecule has 0 atom stereocenters. The molecule has 0 aliphatic carbocycles. The lowest BCUT2D eigenvalue weighted by Gasteiger charge is -2.07. The Hall–Kier alpha value is -3.62. The second kappa shape index (κ2) is 5.54. The molecule has 0 aliphatic heterocycles. The van der Waals surface area contributed by atoms with Gasteiger partial charge in [0.05, 0.1) is 5.56 Å². The van der Waals surface area contributed by atoms with Gasteiger partial charge in [0.25, 0.3) is 5.91 Å². The van der Waals surface area contributed by atoms with E-state index < -0.39 is 0 Å². The van der Waals surface area contributed by atoms with Gasteiger partial charge in [-0.15, -0.1) is 20.4 Å². The number of carbonyl (C=O) groups is 1. The number of nitrogens with one attached hydrogen (secondary N) is 2. The summed E-state index contributed by atoms with van der Waals surface area (Å²) in [5.41, 5.74) is 2.60. The number of pyridine rings is 1. The normalized spacial score (nSPS) is 10.9. The molecule has 9 heteroatoms. The van der Waals surface area contributed by atoms with Crippen LogP contribution < -0.4 is 5.32 Å². The zero-order chi connectivity index (χ0) is 16.5. The van der Waals surface area contributed by atoms with Gasteiger partial charge in [-0.25, -0.2) is 0 Å². The summed E-state index contributed by atoms with van der Waals surface area (Å²) in [4.78, 5) is 12.5. The predicted molar refractivity (Wildman–Crippen MR) is 85.3 cm³/mol. The number of anilines is 1. The Kier molecular flexibility index (Phi) is 3.23. The molecule has 0 spiro atoms. The van der Waals surface area contributed by atoms with Crippen molar-refractivity contribution in [3.05, 3.63) is 54.0 Å². The number of amides is 1. The lowest BCUT2D eigenvalue weighted by molar-refractivity contribution is 0.102.